The minimum Gasteiger partial charge on any atom is -0.396 e. The molecule has 0 spiro atoms. The highest BCUT2D eigenvalue weighted by Gasteiger charge is 2.29. The van der Waals surface area contributed by atoms with Crippen molar-refractivity contribution in [3.05, 3.63) is 23.9 Å². The Bertz CT molecular complexity index is 443. The second-order valence-corrected chi connectivity index (χ2v) is 5.52. The third kappa shape index (κ3) is 4.17. The minimum atomic E-state index is 0.0303. The van der Waals surface area contributed by atoms with Crippen molar-refractivity contribution in [1.82, 2.24) is 9.88 Å². The summed E-state index contributed by atoms with van der Waals surface area (Å²) in [4.78, 5) is 18.8. The van der Waals surface area contributed by atoms with Gasteiger partial charge >= 0.3 is 0 Å². The highest BCUT2D eigenvalue weighted by Crippen LogP contribution is 2.26. The Morgan fingerprint density at radius 1 is 1.48 bits per heavy atom. The van der Waals surface area contributed by atoms with Crippen LogP contribution in [-0.2, 0) is 0 Å². The van der Waals surface area contributed by atoms with Crippen molar-refractivity contribution in [2.24, 2.45) is 0 Å². The molecule has 1 aliphatic carbocycles. The average molecular weight is 291 g/mol. The second kappa shape index (κ2) is 7.98. The highest BCUT2D eigenvalue weighted by atomic mass is 16.3. The molecule has 1 heterocycles. The third-order valence-corrected chi connectivity index (χ3v) is 3.90. The largest absolute Gasteiger partial charge is 0.396 e. The first-order valence-electron chi connectivity index (χ1n) is 7.88. The van der Waals surface area contributed by atoms with E-state index in [-0.39, 0.29) is 12.5 Å². The molecule has 0 unspecified atom stereocenters. The Hall–Kier alpha value is -1.62. The Kier molecular flexibility index (Phi) is 5.99. The lowest BCUT2D eigenvalue weighted by molar-refractivity contribution is 0.0562. The summed E-state index contributed by atoms with van der Waals surface area (Å²) in [6.07, 6.45) is 6.64. The van der Waals surface area contributed by atoms with E-state index in [1.54, 1.807) is 6.20 Å². The summed E-state index contributed by atoms with van der Waals surface area (Å²) in [6, 6.07) is 4.02. The van der Waals surface area contributed by atoms with Crippen molar-refractivity contribution in [3.8, 4) is 0 Å². The number of aliphatic hydroxyl groups excluding tert-OH is 1. The number of anilines is 1. The van der Waals surface area contributed by atoms with Gasteiger partial charge in [-0.15, -0.1) is 0 Å². The van der Waals surface area contributed by atoms with E-state index >= 15 is 0 Å². The van der Waals surface area contributed by atoms with Crippen LogP contribution >= 0.6 is 0 Å². The molecule has 0 saturated heterocycles. The van der Waals surface area contributed by atoms with E-state index in [9.17, 15) is 4.79 Å². The summed E-state index contributed by atoms with van der Waals surface area (Å²) in [7, 11) is 0. The fourth-order valence-electron chi connectivity index (χ4n) is 2.43. The summed E-state index contributed by atoms with van der Waals surface area (Å²) < 4.78 is 0. The van der Waals surface area contributed by atoms with E-state index in [2.05, 4.69) is 17.2 Å². The van der Waals surface area contributed by atoms with Gasteiger partial charge in [-0.25, -0.2) is 4.98 Å². The number of hydrogen-bond donors (Lipinski definition) is 2. The number of nitrogens with one attached hydrogen (secondary N) is 1. The van der Waals surface area contributed by atoms with Gasteiger partial charge in [0, 0.05) is 31.9 Å². The fraction of sp³-hybridized carbons (Fsp3) is 0.625. The number of carbonyl (C=O) groups is 1. The van der Waals surface area contributed by atoms with E-state index in [1.807, 2.05) is 17.0 Å². The number of aromatic nitrogens is 1. The van der Waals surface area contributed by atoms with Crippen LogP contribution in [0.1, 0.15) is 49.4 Å². The molecule has 2 N–H and O–H groups in total. The molecule has 1 amide bonds. The monoisotopic (exact) mass is 291 g/mol. The number of aliphatic hydroxyl groups is 1. The molecular formula is C16H25N3O2. The van der Waals surface area contributed by atoms with Crippen LogP contribution in [0.15, 0.2) is 18.3 Å². The quantitative estimate of drug-likeness (QED) is 0.771. The van der Waals surface area contributed by atoms with Gasteiger partial charge in [-0.1, -0.05) is 6.92 Å². The molecular weight excluding hydrogens is 266 g/mol. The van der Waals surface area contributed by atoms with E-state index in [0.717, 1.165) is 31.6 Å². The number of nitrogens with zero attached hydrogens (tertiary/aromatic N) is 2. The summed E-state index contributed by atoms with van der Waals surface area (Å²) >= 11 is 0. The van der Waals surface area contributed by atoms with Gasteiger partial charge in [-0.2, -0.15) is 0 Å². The zero-order valence-electron chi connectivity index (χ0n) is 12.7. The molecule has 1 fully saturated rings. The van der Waals surface area contributed by atoms with Crippen LogP contribution in [0, 0.1) is 0 Å². The predicted octanol–water partition coefficient (Wildman–Crippen LogP) is 2.28. The maximum absolute atomic E-state index is 12.6. The van der Waals surface area contributed by atoms with Crippen LogP contribution in [-0.4, -0.2) is 46.6 Å². The van der Waals surface area contributed by atoms with Gasteiger partial charge in [0.2, 0.25) is 0 Å². The number of carbonyl (C=O) groups excluding carboxylic acids is 1. The third-order valence-electron chi connectivity index (χ3n) is 3.90. The van der Waals surface area contributed by atoms with Crippen molar-refractivity contribution < 1.29 is 9.90 Å². The maximum atomic E-state index is 12.6. The zero-order chi connectivity index (χ0) is 15.1. The molecule has 0 bridgehead atoms. The van der Waals surface area contributed by atoms with Gasteiger partial charge in [-0.05, 0) is 44.2 Å². The van der Waals surface area contributed by atoms with Crippen LogP contribution in [0.25, 0.3) is 0 Å². The Morgan fingerprint density at radius 2 is 2.29 bits per heavy atom. The van der Waals surface area contributed by atoms with Gasteiger partial charge in [0.25, 0.3) is 5.91 Å². The summed E-state index contributed by atoms with van der Waals surface area (Å²) in [5, 5.41) is 12.2. The molecule has 1 saturated carbocycles. The molecule has 0 atom stereocenters. The summed E-state index contributed by atoms with van der Waals surface area (Å²) in [6.45, 7) is 3.72. The fourth-order valence-corrected chi connectivity index (χ4v) is 2.43. The smallest absolute Gasteiger partial charge is 0.255 e. The molecule has 5 heteroatoms. The zero-order valence-corrected chi connectivity index (χ0v) is 12.7. The Labute approximate surface area is 126 Å². The van der Waals surface area contributed by atoms with Crippen molar-refractivity contribution in [2.75, 3.05) is 25.0 Å². The first-order chi connectivity index (χ1) is 10.3. The van der Waals surface area contributed by atoms with Crippen molar-refractivity contribution in [2.45, 2.75) is 45.1 Å². The lowest BCUT2D eigenvalue weighted by Gasteiger charge is -2.37. The first-order valence-corrected chi connectivity index (χ1v) is 7.88. The van der Waals surface area contributed by atoms with Crippen LogP contribution in [0.5, 0.6) is 0 Å². The minimum absolute atomic E-state index is 0.0303. The van der Waals surface area contributed by atoms with Crippen molar-refractivity contribution >= 4 is 11.7 Å². The SMILES string of the molecule is CCCNc1ccc(C(=O)N(CCCO)C2CCC2)cn1. The van der Waals surface area contributed by atoms with Gasteiger partial charge < -0.3 is 15.3 Å². The highest BCUT2D eigenvalue weighted by molar-refractivity contribution is 5.94. The van der Waals surface area contributed by atoms with Gasteiger partial charge in [-0.3, -0.25) is 4.79 Å². The van der Waals surface area contributed by atoms with E-state index in [4.69, 9.17) is 5.11 Å². The number of amides is 1. The first kappa shape index (κ1) is 15.8. The molecule has 1 aliphatic rings. The molecule has 0 aliphatic heterocycles. The van der Waals surface area contributed by atoms with E-state index in [0.29, 0.717) is 24.6 Å². The number of rotatable bonds is 8. The van der Waals surface area contributed by atoms with Gasteiger partial charge in [0.1, 0.15) is 5.82 Å². The van der Waals surface area contributed by atoms with Gasteiger partial charge in [0.15, 0.2) is 0 Å². The lowest BCUT2D eigenvalue weighted by atomic mass is 9.91. The topological polar surface area (TPSA) is 65.5 Å². The molecule has 1 aromatic heterocycles. The lowest BCUT2D eigenvalue weighted by Crippen LogP contribution is -2.45. The molecule has 2 rings (SSSR count). The van der Waals surface area contributed by atoms with Crippen LogP contribution < -0.4 is 5.32 Å². The normalized spacial score (nSPS) is 14.6. The second-order valence-electron chi connectivity index (χ2n) is 5.52. The Morgan fingerprint density at radius 3 is 2.81 bits per heavy atom. The van der Waals surface area contributed by atoms with Crippen LogP contribution in [0.3, 0.4) is 0 Å². The summed E-state index contributed by atoms with van der Waals surface area (Å²) in [5.41, 5.74) is 0.627. The Balaban J connectivity index is 2.01. The van der Waals surface area contributed by atoms with Crippen LogP contribution in [0.2, 0.25) is 0 Å². The molecule has 21 heavy (non-hydrogen) atoms. The molecule has 0 aromatic carbocycles. The van der Waals surface area contributed by atoms with Crippen molar-refractivity contribution in [3.63, 3.8) is 0 Å². The number of pyridine rings is 1. The average Bonchev–Trinajstić information content (AvgIpc) is 2.47. The van der Waals surface area contributed by atoms with Gasteiger partial charge in [0.05, 0.1) is 5.56 Å². The molecule has 5 nitrogen and oxygen atoms in total. The standard InChI is InChI=1S/C16H25N3O2/c1-2-9-17-15-8-7-13(12-18-15)16(21)19(10-4-11-20)14-5-3-6-14/h7-8,12,14,20H,2-6,9-11H2,1H3,(H,17,18). The van der Waals surface area contributed by atoms with E-state index < -0.39 is 0 Å². The molecule has 0 radical (unpaired) electrons. The summed E-state index contributed by atoms with van der Waals surface area (Å²) in [5.74, 6) is 0.835. The predicted molar refractivity (Wildman–Crippen MR) is 83.4 cm³/mol. The maximum Gasteiger partial charge on any atom is 0.255 e. The van der Waals surface area contributed by atoms with Crippen LogP contribution in [0.4, 0.5) is 5.82 Å². The molecule has 1 aromatic rings. The van der Waals surface area contributed by atoms with Crippen molar-refractivity contribution in [1.29, 1.82) is 0 Å². The molecule has 116 valence electrons. The number of hydrogen-bond acceptors (Lipinski definition) is 4. The van der Waals surface area contributed by atoms with E-state index in [1.165, 1.54) is 6.42 Å².